The highest BCUT2D eigenvalue weighted by molar-refractivity contribution is 7.94. The summed E-state index contributed by atoms with van der Waals surface area (Å²) in [4.78, 5) is 15.3. The molecule has 0 saturated heterocycles. The molecule has 6 nitrogen and oxygen atoms in total. The van der Waals surface area contributed by atoms with Gasteiger partial charge in [-0.2, -0.15) is 0 Å². The van der Waals surface area contributed by atoms with Crippen LogP contribution < -0.4 is 10.0 Å². The number of fused-ring (bicyclic) bond motifs is 1. The van der Waals surface area contributed by atoms with Crippen LogP contribution in [0.4, 0.5) is 5.69 Å². The molecule has 0 bridgehead atoms. The summed E-state index contributed by atoms with van der Waals surface area (Å²) in [6.07, 6.45) is 0. The predicted molar refractivity (Wildman–Crippen MR) is 134 cm³/mol. The minimum absolute atomic E-state index is 0.194. The van der Waals surface area contributed by atoms with Crippen LogP contribution in [0.3, 0.4) is 0 Å². The van der Waals surface area contributed by atoms with E-state index in [0.29, 0.717) is 6.54 Å². The molecule has 0 radical (unpaired) electrons. The van der Waals surface area contributed by atoms with Gasteiger partial charge in [-0.05, 0) is 59.6 Å². The molecule has 0 aliphatic rings. The van der Waals surface area contributed by atoms with Crippen LogP contribution in [0.1, 0.15) is 21.5 Å². The molecular weight excluding hydrogens is 454 g/mol. The number of nitrogens with one attached hydrogen (secondary N) is 2. The number of benzene rings is 3. The summed E-state index contributed by atoms with van der Waals surface area (Å²) in [5.74, 6) is -0.343. The Hall–Kier alpha value is -3.20. The van der Waals surface area contributed by atoms with Crippen LogP contribution in [0.25, 0.3) is 10.8 Å². The maximum absolute atomic E-state index is 13.2. The smallest absolute Gasteiger partial charge is 0.271 e. The van der Waals surface area contributed by atoms with Gasteiger partial charge in [0.2, 0.25) is 0 Å². The lowest BCUT2D eigenvalue weighted by atomic mass is 10.0. The fourth-order valence-corrected chi connectivity index (χ4v) is 5.68. The van der Waals surface area contributed by atoms with Crippen molar-refractivity contribution in [2.75, 3.05) is 18.8 Å². The molecule has 0 fully saturated rings. The van der Waals surface area contributed by atoms with E-state index in [9.17, 15) is 13.2 Å². The second kappa shape index (κ2) is 9.74. The number of hydrogen-bond acceptors (Lipinski definition) is 5. The van der Waals surface area contributed by atoms with Crippen LogP contribution in [0.2, 0.25) is 0 Å². The summed E-state index contributed by atoms with van der Waals surface area (Å²) in [7, 11) is 0.194. The first-order valence-electron chi connectivity index (χ1n) is 10.4. The second-order valence-corrected chi connectivity index (χ2v) is 10.8. The van der Waals surface area contributed by atoms with E-state index in [-0.39, 0.29) is 21.4 Å². The van der Waals surface area contributed by atoms with E-state index >= 15 is 0 Å². The maximum Gasteiger partial charge on any atom is 0.271 e. The van der Waals surface area contributed by atoms with Crippen molar-refractivity contribution >= 4 is 43.7 Å². The van der Waals surface area contributed by atoms with E-state index in [1.165, 1.54) is 6.07 Å². The Bertz CT molecular complexity index is 1380. The third-order valence-corrected chi connectivity index (χ3v) is 7.94. The molecule has 0 aliphatic carbocycles. The Morgan fingerprint density at radius 2 is 1.58 bits per heavy atom. The van der Waals surface area contributed by atoms with E-state index in [1.807, 2.05) is 62.6 Å². The molecular formula is C25H25N3O3S2. The highest BCUT2D eigenvalue weighted by Crippen LogP contribution is 2.28. The first-order chi connectivity index (χ1) is 15.8. The molecule has 33 heavy (non-hydrogen) atoms. The van der Waals surface area contributed by atoms with Gasteiger partial charge in [0.05, 0.1) is 11.3 Å². The largest absolute Gasteiger partial charge is 0.348 e. The van der Waals surface area contributed by atoms with Gasteiger partial charge in [0, 0.05) is 13.1 Å². The monoisotopic (exact) mass is 479 g/mol. The summed E-state index contributed by atoms with van der Waals surface area (Å²) in [5, 5.41) is 6.37. The lowest BCUT2D eigenvalue weighted by Crippen LogP contribution is -2.26. The van der Waals surface area contributed by atoms with Gasteiger partial charge in [-0.25, -0.2) is 8.42 Å². The average molecular weight is 480 g/mol. The number of amides is 1. The molecule has 0 spiro atoms. The van der Waals surface area contributed by atoms with Gasteiger partial charge in [-0.1, -0.05) is 54.6 Å². The molecule has 3 aromatic carbocycles. The van der Waals surface area contributed by atoms with Gasteiger partial charge >= 0.3 is 0 Å². The fourth-order valence-electron chi connectivity index (χ4n) is 3.62. The summed E-state index contributed by atoms with van der Waals surface area (Å²) in [6, 6.07) is 22.1. The Morgan fingerprint density at radius 1 is 0.909 bits per heavy atom. The van der Waals surface area contributed by atoms with Crippen LogP contribution >= 0.6 is 11.3 Å². The Morgan fingerprint density at radius 3 is 2.24 bits per heavy atom. The lowest BCUT2D eigenvalue weighted by Gasteiger charge is -2.16. The van der Waals surface area contributed by atoms with E-state index in [2.05, 4.69) is 14.9 Å². The predicted octanol–water partition coefficient (Wildman–Crippen LogP) is 4.69. The Balaban J connectivity index is 1.65. The average Bonchev–Trinajstić information content (AvgIpc) is 3.33. The number of sulfonamides is 1. The highest BCUT2D eigenvalue weighted by Gasteiger charge is 2.20. The number of carbonyl (C=O) groups is 1. The van der Waals surface area contributed by atoms with Crippen molar-refractivity contribution in [3.63, 3.8) is 0 Å². The van der Waals surface area contributed by atoms with E-state index < -0.39 is 10.0 Å². The number of carbonyl (C=O) groups excluding carboxylic acids is 1. The standard InChI is InChI=1S/C25H25N3O3S2/c1-28(2)17-21-11-6-5-10-20(21)16-26-25(29)22-14-18-8-3-4-9-19(18)15-23(22)27-33(30,31)24-12-7-13-32-24/h3-15,27H,16-17H2,1-2H3,(H,26,29). The number of thiophene rings is 1. The van der Waals surface area contributed by atoms with Crippen LogP contribution in [0, 0.1) is 0 Å². The molecule has 1 amide bonds. The minimum Gasteiger partial charge on any atom is -0.348 e. The molecule has 0 saturated carbocycles. The van der Waals surface area contributed by atoms with Crippen molar-refractivity contribution in [2.24, 2.45) is 0 Å². The van der Waals surface area contributed by atoms with Gasteiger partial charge in [-0.15, -0.1) is 11.3 Å². The Labute approximate surface area is 197 Å². The number of rotatable bonds is 8. The zero-order valence-corrected chi connectivity index (χ0v) is 20.0. The normalized spacial score (nSPS) is 11.6. The molecule has 8 heteroatoms. The Kier molecular flexibility index (Phi) is 6.78. The second-order valence-electron chi connectivity index (χ2n) is 7.97. The quantitative estimate of drug-likeness (QED) is 0.384. The molecule has 1 aromatic heterocycles. The van der Waals surface area contributed by atoms with Gasteiger partial charge in [0.25, 0.3) is 15.9 Å². The lowest BCUT2D eigenvalue weighted by molar-refractivity contribution is 0.0952. The van der Waals surface area contributed by atoms with Gasteiger partial charge in [-0.3, -0.25) is 9.52 Å². The van der Waals surface area contributed by atoms with Crippen molar-refractivity contribution in [1.29, 1.82) is 0 Å². The molecule has 1 heterocycles. The molecule has 4 rings (SSSR count). The maximum atomic E-state index is 13.2. The third-order valence-electron chi connectivity index (χ3n) is 5.18. The van der Waals surface area contributed by atoms with Crippen molar-refractivity contribution < 1.29 is 13.2 Å². The summed E-state index contributed by atoms with van der Waals surface area (Å²) >= 11 is 1.13. The van der Waals surface area contributed by atoms with Gasteiger partial charge < -0.3 is 10.2 Å². The van der Waals surface area contributed by atoms with Gasteiger partial charge in [0.15, 0.2) is 0 Å². The number of hydrogen-bond donors (Lipinski definition) is 2. The van der Waals surface area contributed by atoms with Crippen LogP contribution in [0.15, 0.2) is 82.4 Å². The number of nitrogens with zero attached hydrogens (tertiary/aromatic N) is 1. The van der Waals surface area contributed by atoms with E-state index in [0.717, 1.165) is 39.8 Å². The van der Waals surface area contributed by atoms with Crippen molar-refractivity contribution in [3.8, 4) is 0 Å². The van der Waals surface area contributed by atoms with Crippen LogP contribution in [-0.2, 0) is 23.1 Å². The molecule has 4 aromatic rings. The fraction of sp³-hybridized carbons (Fsp3) is 0.160. The molecule has 2 N–H and O–H groups in total. The number of anilines is 1. The van der Waals surface area contributed by atoms with Crippen molar-refractivity contribution in [1.82, 2.24) is 10.2 Å². The summed E-state index contributed by atoms with van der Waals surface area (Å²) in [6.45, 7) is 1.10. The van der Waals surface area contributed by atoms with Gasteiger partial charge in [0.1, 0.15) is 4.21 Å². The SMILES string of the molecule is CN(C)Cc1ccccc1CNC(=O)c1cc2ccccc2cc1NS(=O)(=O)c1cccs1. The van der Waals surface area contributed by atoms with Crippen molar-refractivity contribution in [2.45, 2.75) is 17.3 Å². The molecule has 170 valence electrons. The first-order valence-corrected chi connectivity index (χ1v) is 12.8. The third kappa shape index (κ3) is 5.42. The highest BCUT2D eigenvalue weighted by atomic mass is 32.2. The van der Waals surface area contributed by atoms with E-state index in [1.54, 1.807) is 23.6 Å². The zero-order valence-electron chi connectivity index (χ0n) is 18.4. The van der Waals surface area contributed by atoms with Crippen LogP contribution in [0.5, 0.6) is 0 Å². The zero-order chi connectivity index (χ0) is 23.4. The van der Waals surface area contributed by atoms with Crippen molar-refractivity contribution in [3.05, 3.63) is 94.9 Å². The molecule has 0 aliphatic heterocycles. The summed E-state index contributed by atoms with van der Waals surface area (Å²) in [5.41, 5.74) is 2.67. The van der Waals surface area contributed by atoms with Crippen LogP contribution in [-0.4, -0.2) is 33.3 Å². The molecule has 0 atom stereocenters. The summed E-state index contributed by atoms with van der Waals surface area (Å²) < 4.78 is 28.5. The first kappa shape index (κ1) is 23.0. The van der Waals surface area contributed by atoms with E-state index in [4.69, 9.17) is 0 Å². The topological polar surface area (TPSA) is 78.5 Å². The minimum atomic E-state index is -3.80. The molecule has 0 unspecified atom stereocenters.